The number of aryl methyl sites for hydroxylation is 2. The summed E-state index contributed by atoms with van der Waals surface area (Å²) in [6.07, 6.45) is 7.65. The number of ketones is 1. The molecule has 1 aliphatic heterocycles. The Morgan fingerprint density at radius 3 is 2.93 bits per heavy atom. The van der Waals surface area contributed by atoms with Crippen molar-refractivity contribution in [2.24, 2.45) is 10.2 Å². The fourth-order valence-corrected chi connectivity index (χ4v) is 4.21. The summed E-state index contributed by atoms with van der Waals surface area (Å²) < 4.78 is 5.12. The fourth-order valence-electron chi connectivity index (χ4n) is 3.28. The molecular weight excluding hydrogens is 362 g/mol. The zero-order chi connectivity index (χ0) is 18.6. The Morgan fingerprint density at radius 2 is 2.11 bits per heavy atom. The van der Waals surface area contributed by atoms with E-state index in [2.05, 4.69) is 21.6 Å². The molecule has 6 nitrogen and oxygen atoms in total. The lowest BCUT2D eigenvalue weighted by Crippen LogP contribution is -2.26. The van der Waals surface area contributed by atoms with Gasteiger partial charge in [-0.05, 0) is 55.0 Å². The van der Waals surface area contributed by atoms with Gasteiger partial charge in [0.15, 0.2) is 11.0 Å². The first kappa shape index (κ1) is 17.7. The normalized spacial score (nSPS) is 20.8. The molecule has 7 heteroatoms. The van der Waals surface area contributed by atoms with E-state index in [4.69, 9.17) is 4.42 Å². The van der Waals surface area contributed by atoms with Gasteiger partial charge < -0.3 is 9.73 Å². The highest BCUT2D eigenvalue weighted by Crippen LogP contribution is 2.26. The molecule has 1 aromatic heterocycles. The number of rotatable bonds is 5. The first-order valence-electron chi connectivity index (χ1n) is 8.96. The zero-order valence-corrected chi connectivity index (χ0v) is 15.5. The van der Waals surface area contributed by atoms with Gasteiger partial charge in [-0.1, -0.05) is 23.9 Å². The lowest BCUT2D eigenvalue weighted by molar-refractivity contribution is -0.118. The van der Waals surface area contributed by atoms with Crippen molar-refractivity contribution < 1.29 is 14.0 Å². The van der Waals surface area contributed by atoms with Crippen LogP contribution in [0.5, 0.6) is 0 Å². The van der Waals surface area contributed by atoms with Crippen LogP contribution in [0.25, 0.3) is 0 Å². The van der Waals surface area contributed by atoms with Crippen molar-refractivity contribution in [3.05, 3.63) is 59.0 Å². The number of nitrogens with zero attached hydrogens (tertiary/aromatic N) is 2. The van der Waals surface area contributed by atoms with Crippen LogP contribution in [-0.4, -0.2) is 28.3 Å². The Morgan fingerprint density at radius 1 is 1.26 bits per heavy atom. The van der Waals surface area contributed by atoms with E-state index in [0.717, 1.165) is 12.8 Å². The number of thioether (sulfide) groups is 1. The van der Waals surface area contributed by atoms with E-state index in [1.165, 1.54) is 41.9 Å². The van der Waals surface area contributed by atoms with Crippen molar-refractivity contribution in [1.82, 2.24) is 5.32 Å². The average molecular weight is 381 g/mol. The van der Waals surface area contributed by atoms with E-state index in [-0.39, 0.29) is 18.1 Å². The number of amidine groups is 1. The number of Topliss-reactive ketones (excluding diaryl/α,β-unsaturated/α-hetero) is 1. The van der Waals surface area contributed by atoms with Crippen LogP contribution in [-0.2, 0) is 17.6 Å². The lowest BCUT2D eigenvalue weighted by Gasteiger charge is -2.16. The lowest BCUT2D eigenvalue weighted by atomic mass is 9.89. The maximum absolute atomic E-state index is 12.6. The van der Waals surface area contributed by atoms with Crippen LogP contribution in [0.3, 0.4) is 0 Å². The van der Waals surface area contributed by atoms with Crippen molar-refractivity contribution in [3.8, 4) is 0 Å². The van der Waals surface area contributed by atoms with Crippen LogP contribution in [0.4, 0.5) is 0 Å². The molecule has 1 amide bonds. The summed E-state index contributed by atoms with van der Waals surface area (Å²) in [5.74, 6) is 0.349. The van der Waals surface area contributed by atoms with Gasteiger partial charge in [0.05, 0.1) is 17.7 Å². The van der Waals surface area contributed by atoms with Crippen LogP contribution >= 0.6 is 11.8 Å². The molecule has 0 spiro atoms. The van der Waals surface area contributed by atoms with Gasteiger partial charge in [0.2, 0.25) is 5.91 Å². The fraction of sp³-hybridized carbons (Fsp3) is 0.300. The van der Waals surface area contributed by atoms with E-state index < -0.39 is 5.25 Å². The summed E-state index contributed by atoms with van der Waals surface area (Å²) in [5, 5.41) is 10.5. The molecule has 4 rings (SSSR count). The Bertz CT molecular complexity index is 919. The summed E-state index contributed by atoms with van der Waals surface area (Å²) in [6, 6.07) is 9.44. The molecule has 0 bridgehead atoms. The van der Waals surface area contributed by atoms with Crippen LogP contribution in [0.1, 0.15) is 46.5 Å². The molecular formula is C20H19N3O3S. The first-order valence-corrected chi connectivity index (χ1v) is 9.84. The largest absolute Gasteiger partial charge is 0.463 e. The monoisotopic (exact) mass is 381 g/mol. The minimum atomic E-state index is -0.480. The number of benzene rings is 1. The minimum Gasteiger partial charge on any atom is -0.463 e. The third kappa shape index (κ3) is 4.19. The second kappa shape index (κ2) is 7.92. The summed E-state index contributed by atoms with van der Waals surface area (Å²) in [7, 11) is 0. The molecule has 0 saturated carbocycles. The van der Waals surface area contributed by atoms with Gasteiger partial charge in [0.1, 0.15) is 5.76 Å². The van der Waals surface area contributed by atoms with Crippen molar-refractivity contribution in [2.45, 2.75) is 37.4 Å². The van der Waals surface area contributed by atoms with E-state index in [0.29, 0.717) is 16.5 Å². The highest BCUT2D eigenvalue weighted by Gasteiger charge is 2.32. The summed E-state index contributed by atoms with van der Waals surface area (Å²) >= 11 is 1.23. The molecule has 1 N–H and O–H groups in total. The SMILES string of the molecule is O=C(C[C@@H]1S/C(=N/N=C\c2ccco2)NC1=O)c1ccc2c(c1)CCCC2. The molecule has 1 aliphatic carbocycles. The predicted molar refractivity (Wildman–Crippen MR) is 105 cm³/mol. The molecule has 1 aromatic carbocycles. The number of nitrogens with one attached hydrogen (secondary N) is 1. The van der Waals surface area contributed by atoms with Gasteiger partial charge in [-0.15, -0.1) is 5.10 Å². The Hall–Kier alpha value is -2.67. The van der Waals surface area contributed by atoms with Gasteiger partial charge in [0.25, 0.3) is 0 Å². The highest BCUT2D eigenvalue weighted by atomic mass is 32.2. The summed E-state index contributed by atoms with van der Waals surface area (Å²) in [4.78, 5) is 24.8. The van der Waals surface area contributed by atoms with Gasteiger partial charge >= 0.3 is 0 Å². The molecule has 2 aliphatic rings. The number of carbonyl (C=O) groups excluding carboxylic acids is 2. The first-order chi connectivity index (χ1) is 13.2. The molecule has 2 aromatic rings. The number of carbonyl (C=O) groups is 2. The smallest absolute Gasteiger partial charge is 0.240 e. The molecule has 27 heavy (non-hydrogen) atoms. The van der Waals surface area contributed by atoms with Crippen molar-refractivity contribution >= 4 is 34.8 Å². The third-order valence-corrected chi connectivity index (χ3v) is 5.77. The van der Waals surface area contributed by atoms with Crippen LogP contribution in [0.15, 0.2) is 51.2 Å². The van der Waals surface area contributed by atoms with Gasteiger partial charge in [-0.25, -0.2) is 0 Å². The van der Waals surface area contributed by atoms with Crippen molar-refractivity contribution in [1.29, 1.82) is 0 Å². The molecule has 0 unspecified atom stereocenters. The Balaban J connectivity index is 1.39. The second-order valence-electron chi connectivity index (χ2n) is 6.58. The maximum atomic E-state index is 12.6. The van der Waals surface area contributed by atoms with Gasteiger partial charge in [-0.3, -0.25) is 9.59 Å². The average Bonchev–Trinajstić information content (AvgIpc) is 3.31. The molecule has 1 saturated heterocycles. The van der Waals surface area contributed by atoms with E-state index in [9.17, 15) is 9.59 Å². The quantitative estimate of drug-likeness (QED) is 0.489. The molecule has 1 atom stereocenters. The number of hydrogen-bond donors (Lipinski definition) is 1. The standard InChI is InChI=1S/C20H19N3O3S/c24-17(15-8-7-13-4-1-2-5-14(13)10-15)11-18-19(25)22-20(27-18)23-21-12-16-6-3-9-26-16/h3,6-10,12,18H,1-2,4-5,11H2,(H,22,23,25)/b21-12-/t18-/m0/s1. The molecule has 2 heterocycles. The number of amides is 1. The van der Waals surface area contributed by atoms with Crippen molar-refractivity contribution in [2.75, 3.05) is 0 Å². The van der Waals surface area contributed by atoms with Gasteiger partial charge in [0, 0.05) is 12.0 Å². The number of fused-ring (bicyclic) bond motifs is 1. The van der Waals surface area contributed by atoms with Crippen LogP contribution in [0, 0.1) is 0 Å². The second-order valence-corrected chi connectivity index (χ2v) is 7.77. The predicted octanol–water partition coefficient (Wildman–Crippen LogP) is 3.35. The molecule has 1 fully saturated rings. The number of hydrogen-bond acceptors (Lipinski definition) is 6. The highest BCUT2D eigenvalue weighted by molar-refractivity contribution is 8.15. The van der Waals surface area contributed by atoms with E-state index in [1.54, 1.807) is 18.4 Å². The van der Waals surface area contributed by atoms with E-state index in [1.807, 2.05) is 12.1 Å². The summed E-state index contributed by atoms with van der Waals surface area (Å²) in [5.41, 5.74) is 3.30. The molecule has 0 radical (unpaired) electrons. The van der Waals surface area contributed by atoms with E-state index >= 15 is 0 Å². The Labute approximate surface area is 161 Å². The topological polar surface area (TPSA) is 84.0 Å². The van der Waals surface area contributed by atoms with Crippen LogP contribution in [0.2, 0.25) is 0 Å². The van der Waals surface area contributed by atoms with Crippen molar-refractivity contribution in [3.63, 3.8) is 0 Å². The minimum absolute atomic E-state index is 0.0173. The third-order valence-electron chi connectivity index (χ3n) is 4.69. The Kier molecular flexibility index (Phi) is 5.20. The zero-order valence-electron chi connectivity index (χ0n) is 14.7. The maximum Gasteiger partial charge on any atom is 0.240 e. The van der Waals surface area contributed by atoms with Crippen LogP contribution < -0.4 is 5.32 Å². The molecule has 138 valence electrons. The number of furan rings is 1. The summed E-state index contributed by atoms with van der Waals surface area (Å²) in [6.45, 7) is 0. The van der Waals surface area contributed by atoms with Gasteiger partial charge in [-0.2, -0.15) is 5.10 Å².